The van der Waals surface area contributed by atoms with Crippen LogP contribution in [0.15, 0.2) is 125 Å². The van der Waals surface area contributed by atoms with Crippen molar-refractivity contribution in [2.24, 2.45) is 0 Å². The van der Waals surface area contributed by atoms with Crippen LogP contribution in [0.4, 0.5) is 11.6 Å². The van der Waals surface area contributed by atoms with Gasteiger partial charge in [0.25, 0.3) is 11.1 Å². The van der Waals surface area contributed by atoms with Crippen LogP contribution in [-0.4, -0.2) is 51.7 Å². The number of hydrogen-bond acceptors (Lipinski definition) is 9. The molecule has 0 saturated carbocycles. The summed E-state index contributed by atoms with van der Waals surface area (Å²) in [7, 11) is 6.33. The van der Waals surface area contributed by atoms with Crippen molar-refractivity contribution in [3.8, 4) is 45.7 Å². The van der Waals surface area contributed by atoms with E-state index in [1.807, 2.05) is 60.7 Å². The first-order chi connectivity index (χ1) is 26.8. The average Bonchev–Trinajstić information content (AvgIpc) is 3.76. The summed E-state index contributed by atoms with van der Waals surface area (Å²) in [5.41, 5.74) is 2.67. The standard InChI is InChI=1S/C41H34N6O6S2/c1-50-28-15-7-24(8-16-28)44-36-34(38(48)46(40(44)54)26-11-19-30(52-3)20-12-26)33(32-6-5-23-42-32)35-37(43-36)45(25-9-17-29(51-2)18-10-25)41(55)47(39(35)49)27-13-21-31(53-4)22-14-27/h5-23,33,42-43H,1-4H3. The molecule has 4 aromatic carbocycles. The van der Waals surface area contributed by atoms with E-state index in [0.29, 0.717) is 63.1 Å². The van der Waals surface area contributed by atoms with Crippen molar-refractivity contribution < 1.29 is 18.9 Å². The Morgan fingerprint density at radius 1 is 0.491 bits per heavy atom. The number of benzene rings is 4. The molecule has 7 aromatic rings. The Labute approximate surface area is 325 Å². The van der Waals surface area contributed by atoms with E-state index in [1.165, 1.54) is 9.13 Å². The predicted octanol–water partition coefficient (Wildman–Crippen LogP) is 7.63. The van der Waals surface area contributed by atoms with Gasteiger partial charge < -0.3 is 29.2 Å². The Bertz CT molecular complexity index is 2610. The highest BCUT2D eigenvalue weighted by atomic mass is 32.1. The van der Waals surface area contributed by atoms with Crippen LogP contribution in [0.3, 0.4) is 0 Å². The van der Waals surface area contributed by atoms with Gasteiger partial charge in [0, 0.05) is 11.9 Å². The van der Waals surface area contributed by atoms with Gasteiger partial charge in [0.2, 0.25) is 0 Å². The number of ether oxygens (including phenoxy) is 4. The molecule has 3 aromatic heterocycles. The smallest absolute Gasteiger partial charge is 0.265 e. The number of anilines is 2. The van der Waals surface area contributed by atoms with Crippen molar-refractivity contribution in [2.45, 2.75) is 5.92 Å². The van der Waals surface area contributed by atoms with Crippen LogP contribution in [0.5, 0.6) is 23.0 Å². The normalized spacial score (nSPS) is 12.0. The van der Waals surface area contributed by atoms with Crippen LogP contribution < -0.4 is 35.4 Å². The molecule has 0 fully saturated rings. The van der Waals surface area contributed by atoms with Crippen molar-refractivity contribution in [3.05, 3.63) is 162 Å². The van der Waals surface area contributed by atoms with Gasteiger partial charge in [0.15, 0.2) is 9.54 Å². The van der Waals surface area contributed by atoms with E-state index in [-0.39, 0.29) is 20.7 Å². The van der Waals surface area contributed by atoms with E-state index in [1.54, 1.807) is 92.3 Å². The maximum Gasteiger partial charge on any atom is 0.265 e. The first kappa shape index (κ1) is 35.4. The van der Waals surface area contributed by atoms with Crippen LogP contribution in [0.25, 0.3) is 22.7 Å². The lowest BCUT2D eigenvalue weighted by Gasteiger charge is -2.33. The maximum atomic E-state index is 15.2. The zero-order valence-electron chi connectivity index (χ0n) is 30.1. The zero-order chi connectivity index (χ0) is 38.4. The lowest BCUT2D eigenvalue weighted by Crippen LogP contribution is -2.39. The van der Waals surface area contributed by atoms with E-state index >= 15 is 9.59 Å². The largest absolute Gasteiger partial charge is 0.497 e. The third kappa shape index (κ3) is 5.91. The molecule has 8 rings (SSSR count). The molecule has 0 amide bonds. The highest BCUT2D eigenvalue weighted by Crippen LogP contribution is 2.44. The minimum Gasteiger partial charge on any atom is -0.497 e. The second-order valence-electron chi connectivity index (χ2n) is 12.5. The lowest BCUT2D eigenvalue weighted by molar-refractivity contribution is 0.414. The van der Waals surface area contributed by atoms with E-state index in [4.69, 9.17) is 43.4 Å². The number of H-pyrrole nitrogens is 1. The van der Waals surface area contributed by atoms with Crippen molar-refractivity contribution >= 4 is 36.1 Å². The van der Waals surface area contributed by atoms with E-state index < -0.39 is 17.0 Å². The average molecular weight is 771 g/mol. The highest BCUT2D eigenvalue weighted by Gasteiger charge is 2.39. The third-order valence-electron chi connectivity index (χ3n) is 9.66. The van der Waals surface area contributed by atoms with Gasteiger partial charge in [0.1, 0.15) is 34.6 Å². The second-order valence-corrected chi connectivity index (χ2v) is 13.2. The minimum absolute atomic E-state index is 0.182. The number of methoxy groups -OCH3 is 4. The molecule has 12 nitrogen and oxygen atoms in total. The molecule has 0 spiro atoms. The molecular formula is C41H34N6O6S2. The van der Waals surface area contributed by atoms with Crippen LogP contribution in [0, 0.1) is 9.54 Å². The Hall–Kier alpha value is -6.64. The lowest BCUT2D eigenvalue weighted by atomic mass is 9.87. The Morgan fingerprint density at radius 2 is 0.818 bits per heavy atom. The maximum absolute atomic E-state index is 15.2. The van der Waals surface area contributed by atoms with E-state index in [9.17, 15) is 0 Å². The molecule has 14 heteroatoms. The van der Waals surface area contributed by atoms with Gasteiger partial charge in [-0.15, -0.1) is 0 Å². The van der Waals surface area contributed by atoms with Crippen LogP contribution in [-0.2, 0) is 0 Å². The summed E-state index contributed by atoms with van der Waals surface area (Å²) in [5.74, 6) is 2.33. The second kappa shape index (κ2) is 14.3. The van der Waals surface area contributed by atoms with Gasteiger partial charge in [-0.25, -0.2) is 0 Å². The fraction of sp³-hybridized carbons (Fsp3) is 0.122. The third-order valence-corrected chi connectivity index (χ3v) is 10.4. The van der Waals surface area contributed by atoms with Crippen molar-refractivity contribution in [3.63, 3.8) is 0 Å². The van der Waals surface area contributed by atoms with Crippen LogP contribution in [0.1, 0.15) is 22.7 Å². The molecule has 0 saturated heterocycles. The Morgan fingerprint density at radius 3 is 1.11 bits per heavy atom. The quantitative estimate of drug-likeness (QED) is 0.143. The minimum atomic E-state index is -0.921. The number of aromatic amines is 1. The molecule has 1 aliphatic heterocycles. The van der Waals surface area contributed by atoms with Gasteiger partial charge in [-0.1, -0.05) is 0 Å². The Kier molecular flexibility index (Phi) is 9.20. The number of hydrogen-bond donors (Lipinski definition) is 2. The van der Waals surface area contributed by atoms with Crippen molar-refractivity contribution in [1.82, 2.24) is 23.3 Å². The topological polar surface area (TPSA) is 119 Å². The number of nitrogens with zero attached hydrogens (tertiary/aromatic N) is 4. The van der Waals surface area contributed by atoms with Gasteiger partial charge in [-0.2, -0.15) is 0 Å². The summed E-state index contributed by atoms with van der Waals surface area (Å²) < 4.78 is 28.7. The van der Waals surface area contributed by atoms with Gasteiger partial charge in [-0.05, 0) is 134 Å². The summed E-state index contributed by atoms with van der Waals surface area (Å²) in [4.78, 5) is 33.8. The summed E-state index contributed by atoms with van der Waals surface area (Å²) in [6.45, 7) is 0. The number of rotatable bonds is 9. The molecule has 276 valence electrons. The molecule has 1 aliphatic rings. The first-order valence-electron chi connectivity index (χ1n) is 17.1. The summed E-state index contributed by atoms with van der Waals surface area (Å²) in [5, 5.41) is 3.53. The van der Waals surface area contributed by atoms with E-state index in [0.717, 1.165) is 0 Å². The van der Waals surface area contributed by atoms with E-state index in [2.05, 4.69) is 10.3 Å². The fourth-order valence-corrected chi connectivity index (χ4v) is 7.74. The van der Waals surface area contributed by atoms with Gasteiger partial charge in [0.05, 0.1) is 68.2 Å². The van der Waals surface area contributed by atoms with Gasteiger partial charge in [-0.3, -0.25) is 27.9 Å². The van der Waals surface area contributed by atoms with Crippen LogP contribution in [0.2, 0.25) is 0 Å². The molecule has 0 unspecified atom stereocenters. The summed E-state index contributed by atoms with van der Waals surface area (Å²) in [6, 6.07) is 32.5. The highest BCUT2D eigenvalue weighted by molar-refractivity contribution is 7.71. The van der Waals surface area contributed by atoms with Crippen molar-refractivity contribution in [1.29, 1.82) is 0 Å². The first-order valence-corrected chi connectivity index (χ1v) is 17.9. The molecule has 55 heavy (non-hydrogen) atoms. The SMILES string of the molecule is COc1ccc(-n2c3c(c(=O)n(-c4ccc(OC)cc4)c2=S)C(c2ccc[nH]2)c2c(n(-c4ccc(OC)cc4)c(=S)n(-c4ccc(OC)cc4)c2=O)N3)cc1. The number of aromatic nitrogens is 5. The van der Waals surface area contributed by atoms with Crippen LogP contribution >= 0.6 is 24.4 Å². The fourth-order valence-electron chi connectivity index (χ4n) is 6.97. The summed E-state index contributed by atoms with van der Waals surface area (Å²) >= 11 is 12.4. The predicted molar refractivity (Wildman–Crippen MR) is 216 cm³/mol. The summed E-state index contributed by atoms with van der Waals surface area (Å²) in [6.07, 6.45) is 1.76. The van der Waals surface area contributed by atoms with Gasteiger partial charge >= 0.3 is 0 Å². The molecule has 0 bridgehead atoms. The number of fused-ring (bicyclic) bond motifs is 2. The van der Waals surface area contributed by atoms with Crippen molar-refractivity contribution in [2.75, 3.05) is 33.8 Å². The molecule has 0 radical (unpaired) electrons. The monoisotopic (exact) mass is 770 g/mol. The molecule has 0 atom stereocenters. The molecular weight excluding hydrogens is 737 g/mol. The molecule has 2 N–H and O–H groups in total. The molecule has 0 aliphatic carbocycles. The Balaban J connectivity index is 1.53. The number of nitrogens with one attached hydrogen (secondary N) is 2. The molecule has 4 heterocycles. The zero-order valence-corrected chi connectivity index (χ0v) is 31.7.